The van der Waals surface area contributed by atoms with Crippen LogP contribution in [0, 0.1) is 11.3 Å². The number of hydrogen-bond donors (Lipinski definition) is 1. The summed E-state index contributed by atoms with van der Waals surface area (Å²) < 4.78 is 0. The van der Waals surface area contributed by atoms with Crippen molar-refractivity contribution >= 4 is 5.82 Å². The third kappa shape index (κ3) is 2.01. The summed E-state index contributed by atoms with van der Waals surface area (Å²) in [5.41, 5.74) is 0. The van der Waals surface area contributed by atoms with Crippen LogP contribution in [0.2, 0.25) is 0 Å². The molecule has 3 nitrogen and oxygen atoms in total. The molecule has 58 valence electrons. The first-order valence-electron chi connectivity index (χ1n) is 3.56. The summed E-state index contributed by atoms with van der Waals surface area (Å²) in [7, 11) is 1.96. The van der Waals surface area contributed by atoms with Gasteiger partial charge in [-0.25, -0.2) is 0 Å². The first-order chi connectivity index (χ1) is 5.34. The highest BCUT2D eigenvalue weighted by molar-refractivity contribution is 5.37. The van der Waals surface area contributed by atoms with Crippen molar-refractivity contribution in [3.8, 4) is 6.07 Å². The van der Waals surface area contributed by atoms with Crippen molar-refractivity contribution in [1.29, 1.82) is 5.26 Å². The number of hydrogen-bond acceptors (Lipinski definition) is 2. The molecule has 0 atom stereocenters. The molecule has 1 aromatic rings. The number of rotatable bonds is 3. The number of H-pyrrole nitrogens is 1. The molecular formula is C8H11N3. The van der Waals surface area contributed by atoms with Gasteiger partial charge >= 0.3 is 0 Å². The molecule has 0 aromatic carbocycles. The van der Waals surface area contributed by atoms with Crippen molar-refractivity contribution in [2.75, 3.05) is 18.5 Å². The Kier molecular flexibility index (Phi) is 2.56. The van der Waals surface area contributed by atoms with E-state index in [0.29, 0.717) is 6.42 Å². The van der Waals surface area contributed by atoms with Crippen LogP contribution in [0.4, 0.5) is 5.82 Å². The molecule has 0 aliphatic carbocycles. The second-order valence-corrected chi connectivity index (χ2v) is 2.39. The summed E-state index contributed by atoms with van der Waals surface area (Å²) >= 11 is 0. The van der Waals surface area contributed by atoms with Crippen molar-refractivity contribution in [1.82, 2.24) is 4.98 Å². The molecule has 11 heavy (non-hydrogen) atoms. The van der Waals surface area contributed by atoms with Gasteiger partial charge in [-0.15, -0.1) is 0 Å². The smallest absolute Gasteiger partial charge is 0.105 e. The lowest BCUT2D eigenvalue weighted by molar-refractivity contribution is 0.890. The van der Waals surface area contributed by atoms with Crippen LogP contribution >= 0.6 is 0 Å². The summed E-state index contributed by atoms with van der Waals surface area (Å²) in [5.74, 6) is 1.06. The van der Waals surface area contributed by atoms with E-state index in [2.05, 4.69) is 11.1 Å². The van der Waals surface area contributed by atoms with Crippen LogP contribution in [-0.4, -0.2) is 18.6 Å². The Morgan fingerprint density at radius 3 is 3.09 bits per heavy atom. The number of aromatic nitrogens is 1. The quantitative estimate of drug-likeness (QED) is 0.705. The molecule has 0 aliphatic heterocycles. The second-order valence-electron chi connectivity index (χ2n) is 2.39. The minimum atomic E-state index is 0.565. The predicted molar refractivity (Wildman–Crippen MR) is 44.3 cm³/mol. The molecule has 0 amide bonds. The van der Waals surface area contributed by atoms with Crippen LogP contribution in [0.3, 0.4) is 0 Å². The summed E-state index contributed by atoms with van der Waals surface area (Å²) in [5, 5.41) is 8.33. The minimum absolute atomic E-state index is 0.565. The standard InChI is InChI=1S/C8H11N3/c1-11(7-3-5-9)8-4-2-6-10-8/h2,4,6,10H,3,7H2,1H3. The van der Waals surface area contributed by atoms with E-state index in [9.17, 15) is 0 Å². The largest absolute Gasteiger partial charge is 0.360 e. The van der Waals surface area contributed by atoms with E-state index in [4.69, 9.17) is 5.26 Å². The van der Waals surface area contributed by atoms with E-state index >= 15 is 0 Å². The molecule has 0 aliphatic rings. The van der Waals surface area contributed by atoms with E-state index in [1.807, 2.05) is 30.3 Å². The van der Waals surface area contributed by atoms with Crippen molar-refractivity contribution in [3.63, 3.8) is 0 Å². The molecule has 0 radical (unpaired) electrons. The lowest BCUT2D eigenvalue weighted by atomic mass is 10.4. The number of nitriles is 1. The van der Waals surface area contributed by atoms with Crippen molar-refractivity contribution in [2.45, 2.75) is 6.42 Å². The summed E-state index contributed by atoms with van der Waals surface area (Å²) in [6, 6.07) is 6.03. The lowest BCUT2D eigenvalue weighted by Crippen LogP contribution is -2.18. The molecule has 0 saturated heterocycles. The van der Waals surface area contributed by atoms with Gasteiger partial charge in [-0.05, 0) is 12.1 Å². The Hall–Kier alpha value is -1.43. The molecule has 1 N–H and O–H groups in total. The van der Waals surface area contributed by atoms with E-state index < -0.39 is 0 Å². The third-order valence-corrected chi connectivity index (χ3v) is 1.55. The van der Waals surface area contributed by atoms with Gasteiger partial charge in [0.15, 0.2) is 0 Å². The van der Waals surface area contributed by atoms with Gasteiger partial charge in [0.2, 0.25) is 0 Å². The van der Waals surface area contributed by atoms with Crippen LogP contribution < -0.4 is 4.90 Å². The normalized spacial score (nSPS) is 9.09. The fourth-order valence-corrected chi connectivity index (χ4v) is 0.896. The van der Waals surface area contributed by atoms with Gasteiger partial charge < -0.3 is 9.88 Å². The van der Waals surface area contributed by atoms with Crippen LogP contribution in [0.25, 0.3) is 0 Å². The van der Waals surface area contributed by atoms with Crippen LogP contribution in [0.1, 0.15) is 6.42 Å². The van der Waals surface area contributed by atoms with Gasteiger partial charge in [0, 0.05) is 19.8 Å². The Morgan fingerprint density at radius 2 is 2.55 bits per heavy atom. The fraction of sp³-hybridized carbons (Fsp3) is 0.375. The first kappa shape index (κ1) is 7.67. The third-order valence-electron chi connectivity index (χ3n) is 1.55. The maximum absolute atomic E-state index is 8.33. The van der Waals surface area contributed by atoms with Gasteiger partial charge in [-0.3, -0.25) is 0 Å². The maximum atomic E-state index is 8.33. The highest BCUT2D eigenvalue weighted by Crippen LogP contribution is 2.06. The topological polar surface area (TPSA) is 42.8 Å². The summed E-state index contributed by atoms with van der Waals surface area (Å²) in [6.45, 7) is 0.775. The summed E-state index contributed by atoms with van der Waals surface area (Å²) in [4.78, 5) is 5.08. The molecule has 1 heterocycles. The maximum Gasteiger partial charge on any atom is 0.105 e. The average Bonchev–Trinajstić information content (AvgIpc) is 2.52. The van der Waals surface area contributed by atoms with E-state index in [1.165, 1.54) is 0 Å². The SMILES string of the molecule is CN(CCC#N)c1ccc[nH]1. The van der Waals surface area contributed by atoms with Gasteiger partial charge in [0.05, 0.1) is 12.5 Å². The highest BCUT2D eigenvalue weighted by Gasteiger charge is 1.98. The predicted octanol–water partition coefficient (Wildman–Crippen LogP) is 1.36. The molecular weight excluding hydrogens is 138 g/mol. The summed E-state index contributed by atoms with van der Waals surface area (Å²) in [6.07, 6.45) is 2.44. The van der Waals surface area contributed by atoms with Crippen molar-refractivity contribution < 1.29 is 0 Å². The van der Waals surface area contributed by atoms with Crippen molar-refractivity contribution in [2.24, 2.45) is 0 Å². The molecule has 0 unspecified atom stereocenters. The van der Waals surface area contributed by atoms with Gasteiger partial charge in [-0.2, -0.15) is 5.26 Å². The zero-order valence-corrected chi connectivity index (χ0v) is 6.54. The number of anilines is 1. The van der Waals surface area contributed by atoms with Gasteiger partial charge in [-0.1, -0.05) is 0 Å². The van der Waals surface area contributed by atoms with Crippen LogP contribution in [-0.2, 0) is 0 Å². The molecule has 1 aromatic heterocycles. The molecule has 0 saturated carbocycles. The first-order valence-corrected chi connectivity index (χ1v) is 3.56. The second kappa shape index (κ2) is 3.67. The molecule has 0 spiro atoms. The van der Waals surface area contributed by atoms with E-state index in [-0.39, 0.29) is 0 Å². The number of nitrogens with one attached hydrogen (secondary N) is 1. The van der Waals surface area contributed by atoms with E-state index in [1.54, 1.807) is 0 Å². The minimum Gasteiger partial charge on any atom is -0.360 e. The van der Waals surface area contributed by atoms with Gasteiger partial charge in [0.1, 0.15) is 5.82 Å². The zero-order chi connectivity index (χ0) is 8.10. The average molecular weight is 149 g/mol. The van der Waals surface area contributed by atoms with Crippen LogP contribution in [0.15, 0.2) is 18.3 Å². The Morgan fingerprint density at radius 1 is 1.73 bits per heavy atom. The Bertz CT molecular complexity index is 232. The van der Waals surface area contributed by atoms with Gasteiger partial charge in [0.25, 0.3) is 0 Å². The van der Waals surface area contributed by atoms with E-state index in [0.717, 1.165) is 12.4 Å². The van der Waals surface area contributed by atoms with Crippen molar-refractivity contribution in [3.05, 3.63) is 18.3 Å². The molecule has 0 bridgehead atoms. The Balaban J connectivity index is 2.44. The molecule has 1 rings (SSSR count). The fourth-order valence-electron chi connectivity index (χ4n) is 0.896. The highest BCUT2D eigenvalue weighted by atomic mass is 15.2. The molecule has 3 heteroatoms. The number of aromatic amines is 1. The zero-order valence-electron chi connectivity index (χ0n) is 6.54. The number of nitrogens with zero attached hydrogens (tertiary/aromatic N) is 2. The lowest BCUT2D eigenvalue weighted by Gasteiger charge is -2.14. The Labute approximate surface area is 66.3 Å². The molecule has 0 fully saturated rings. The monoisotopic (exact) mass is 149 g/mol. The van der Waals surface area contributed by atoms with Crippen LogP contribution in [0.5, 0.6) is 0 Å².